The molecule has 0 saturated heterocycles. The van der Waals surface area contributed by atoms with Gasteiger partial charge in [-0.2, -0.15) is 0 Å². The molecular weight excluding hydrogens is 166 g/mol. The van der Waals surface area contributed by atoms with Gasteiger partial charge < -0.3 is 0 Å². The SMILES string of the molecule is C/C=C\C=C/C(C)(/C=C\C)[N+](=O)[O-]. The van der Waals surface area contributed by atoms with Gasteiger partial charge in [0.1, 0.15) is 0 Å². The normalized spacial score (nSPS) is 17.2. The fraction of sp³-hybridized carbons (Fsp3) is 0.400. The summed E-state index contributed by atoms with van der Waals surface area (Å²) in [5.41, 5.74) is -1.09. The zero-order valence-electron chi connectivity index (χ0n) is 8.23. The summed E-state index contributed by atoms with van der Waals surface area (Å²) in [6.07, 6.45) is 10.1. The summed E-state index contributed by atoms with van der Waals surface area (Å²) in [5.74, 6) is 0. The van der Waals surface area contributed by atoms with Crippen LogP contribution < -0.4 is 0 Å². The first-order valence-electron chi connectivity index (χ1n) is 4.15. The Hall–Kier alpha value is -1.38. The minimum absolute atomic E-state index is 0.312. The fourth-order valence-corrected chi connectivity index (χ4v) is 0.876. The zero-order chi connectivity index (χ0) is 10.3. The van der Waals surface area contributed by atoms with Crippen molar-refractivity contribution in [1.82, 2.24) is 0 Å². The average molecular weight is 181 g/mol. The summed E-state index contributed by atoms with van der Waals surface area (Å²) >= 11 is 0. The minimum Gasteiger partial charge on any atom is -0.263 e. The molecule has 1 unspecified atom stereocenters. The van der Waals surface area contributed by atoms with Crippen molar-refractivity contribution in [2.75, 3.05) is 0 Å². The highest BCUT2D eigenvalue weighted by Gasteiger charge is 2.29. The van der Waals surface area contributed by atoms with Gasteiger partial charge in [-0.05, 0) is 26.0 Å². The Kier molecular flexibility index (Phi) is 4.74. The molecule has 3 heteroatoms. The summed E-state index contributed by atoms with van der Waals surface area (Å²) in [6, 6.07) is 0. The number of nitro groups is 1. The van der Waals surface area contributed by atoms with E-state index in [2.05, 4.69) is 0 Å². The third kappa shape index (κ3) is 3.69. The molecule has 0 aliphatic heterocycles. The molecule has 0 N–H and O–H groups in total. The van der Waals surface area contributed by atoms with Gasteiger partial charge in [-0.1, -0.05) is 24.3 Å². The molecule has 0 aliphatic carbocycles. The van der Waals surface area contributed by atoms with Crippen LogP contribution in [0.15, 0.2) is 36.5 Å². The number of rotatable bonds is 4. The Morgan fingerprint density at radius 3 is 2.15 bits per heavy atom. The van der Waals surface area contributed by atoms with Crippen LogP contribution in [0.3, 0.4) is 0 Å². The van der Waals surface area contributed by atoms with E-state index in [0.29, 0.717) is 0 Å². The van der Waals surface area contributed by atoms with Crippen LogP contribution in [0, 0.1) is 10.1 Å². The molecule has 0 rings (SSSR count). The Morgan fingerprint density at radius 1 is 1.15 bits per heavy atom. The first-order chi connectivity index (χ1) is 6.06. The van der Waals surface area contributed by atoms with Crippen molar-refractivity contribution >= 4 is 0 Å². The Bertz CT molecular complexity index is 254. The smallest absolute Gasteiger partial charge is 0.256 e. The molecule has 0 aromatic heterocycles. The van der Waals surface area contributed by atoms with Crippen LogP contribution in [-0.4, -0.2) is 10.5 Å². The third-order valence-corrected chi connectivity index (χ3v) is 1.63. The monoisotopic (exact) mass is 181 g/mol. The van der Waals surface area contributed by atoms with Crippen LogP contribution >= 0.6 is 0 Å². The molecule has 3 nitrogen and oxygen atoms in total. The van der Waals surface area contributed by atoms with Crippen LogP contribution in [0.2, 0.25) is 0 Å². The van der Waals surface area contributed by atoms with Gasteiger partial charge in [0.15, 0.2) is 0 Å². The van der Waals surface area contributed by atoms with Gasteiger partial charge in [0.25, 0.3) is 5.54 Å². The maximum atomic E-state index is 10.7. The first kappa shape index (κ1) is 11.6. The Balaban J connectivity index is 4.70. The number of allylic oxidation sites excluding steroid dienone is 4. The molecule has 0 aliphatic rings. The summed E-state index contributed by atoms with van der Waals surface area (Å²) < 4.78 is 0. The van der Waals surface area contributed by atoms with E-state index in [4.69, 9.17) is 0 Å². The van der Waals surface area contributed by atoms with E-state index in [9.17, 15) is 10.1 Å². The standard InChI is InChI=1S/C10H15NO2/c1-4-6-7-9-10(3,8-5-2)11(12)13/h4-9H,1-3H3/b6-4-,8-5-,9-7-. The van der Waals surface area contributed by atoms with Gasteiger partial charge in [0.2, 0.25) is 0 Å². The van der Waals surface area contributed by atoms with Gasteiger partial charge in [-0.15, -0.1) is 0 Å². The van der Waals surface area contributed by atoms with Crippen LogP contribution in [0.25, 0.3) is 0 Å². The molecule has 0 radical (unpaired) electrons. The molecule has 0 aromatic carbocycles. The maximum absolute atomic E-state index is 10.7. The number of nitrogens with zero attached hydrogens (tertiary/aromatic N) is 1. The van der Waals surface area contributed by atoms with Crippen LogP contribution in [0.4, 0.5) is 0 Å². The van der Waals surface area contributed by atoms with Crippen molar-refractivity contribution in [1.29, 1.82) is 0 Å². The molecule has 0 heterocycles. The fourth-order valence-electron chi connectivity index (χ4n) is 0.876. The van der Waals surface area contributed by atoms with Crippen molar-refractivity contribution in [2.45, 2.75) is 26.3 Å². The van der Waals surface area contributed by atoms with Crippen LogP contribution in [0.1, 0.15) is 20.8 Å². The first-order valence-corrected chi connectivity index (χ1v) is 4.15. The van der Waals surface area contributed by atoms with Crippen molar-refractivity contribution in [3.8, 4) is 0 Å². The maximum Gasteiger partial charge on any atom is 0.256 e. The molecule has 0 amide bonds. The molecule has 1 atom stereocenters. The predicted octanol–water partition coefficient (Wildman–Crippen LogP) is 2.73. The highest BCUT2D eigenvalue weighted by molar-refractivity contribution is 5.15. The quantitative estimate of drug-likeness (QED) is 0.289. The Morgan fingerprint density at radius 2 is 1.77 bits per heavy atom. The van der Waals surface area contributed by atoms with E-state index in [1.807, 2.05) is 13.0 Å². The van der Waals surface area contributed by atoms with Gasteiger partial charge in [0.05, 0.1) is 0 Å². The lowest BCUT2D eigenvalue weighted by Crippen LogP contribution is -2.29. The second kappa shape index (κ2) is 5.30. The lowest BCUT2D eigenvalue weighted by Gasteiger charge is -2.10. The molecule has 0 saturated carbocycles. The number of hydrogen-bond acceptors (Lipinski definition) is 2. The van der Waals surface area contributed by atoms with Gasteiger partial charge in [0, 0.05) is 11.8 Å². The van der Waals surface area contributed by atoms with E-state index in [-0.39, 0.29) is 4.92 Å². The van der Waals surface area contributed by atoms with Gasteiger partial charge in [-0.25, -0.2) is 0 Å². The van der Waals surface area contributed by atoms with Crippen molar-refractivity contribution < 1.29 is 4.92 Å². The summed E-state index contributed by atoms with van der Waals surface area (Å²) in [4.78, 5) is 10.4. The second-order valence-corrected chi connectivity index (χ2v) is 2.87. The minimum atomic E-state index is -1.09. The van der Waals surface area contributed by atoms with E-state index >= 15 is 0 Å². The Labute approximate surface area is 78.6 Å². The molecule has 0 aromatic rings. The average Bonchev–Trinajstić information content (AvgIpc) is 2.05. The van der Waals surface area contributed by atoms with Crippen LogP contribution in [-0.2, 0) is 0 Å². The van der Waals surface area contributed by atoms with Crippen molar-refractivity contribution in [3.05, 3.63) is 46.6 Å². The summed E-state index contributed by atoms with van der Waals surface area (Å²) in [5, 5.41) is 10.7. The summed E-state index contributed by atoms with van der Waals surface area (Å²) in [6.45, 7) is 5.20. The van der Waals surface area contributed by atoms with E-state index in [1.165, 1.54) is 0 Å². The molecule has 0 spiro atoms. The lowest BCUT2D eigenvalue weighted by atomic mass is 10.0. The van der Waals surface area contributed by atoms with Crippen LogP contribution in [0.5, 0.6) is 0 Å². The predicted molar refractivity (Wildman–Crippen MR) is 54.2 cm³/mol. The molecule has 13 heavy (non-hydrogen) atoms. The highest BCUT2D eigenvalue weighted by atomic mass is 16.6. The van der Waals surface area contributed by atoms with E-state index in [0.717, 1.165) is 0 Å². The number of hydrogen-bond donors (Lipinski definition) is 0. The van der Waals surface area contributed by atoms with Gasteiger partial charge in [-0.3, -0.25) is 10.1 Å². The van der Waals surface area contributed by atoms with Gasteiger partial charge >= 0.3 is 0 Å². The molecule has 0 bridgehead atoms. The van der Waals surface area contributed by atoms with Crippen molar-refractivity contribution in [3.63, 3.8) is 0 Å². The summed E-state index contributed by atoms with van der Waals surface area (Å²) in [7, 11) is 0. The van der Waals surface area contributed by atoms with E-state index in [1.54, 1.807) is 44.2 Å². The van der Waals surface area contributed by atoms with E-state index < -0.39 is 5.54 Å². The highest BCUT2D eigenvalue weighted by Crippen LogP contribution is 2.13. The topological polar surface area (TPSA) is 43.1 Å². The lowest BCUT2D eigenvalue weighted by molar-refractivity contribution is -0.535. The zero-order valence-corrected chi connectivity index (χ0v) is 8.23. The largest absolute Gasteiger partial charge is 0.263 e. The molecule has 0 fully saturated rings. The molecule has 72 valence electrons. The van der Waals surface area contributed by atoms with Crippen molar-refractivity contribution in [2.24, 2.45) is 0 Å². The third-order valence-electron chi connectivity index (χ3n) is 1.63. The molecular formula is C10H15NO2. The second-order valence-electron chi connectivity index (χ2n) is 2.87.